The molecule has 2 N–H and O–H groups in total. The van der Waals surface area contributed by atoms with Gasteiger partial charge in [-0.3, -0.25) is 0 Å². The standard InChI is InChI=1S/C11H20N2O2S2/c1-13(17(14,15)7-11(12)16)6-10-5-8-2-3-9(10)4-8/h8-10H,2-7H2,1H3,(H2,12,16). The first-order chi connectivity index (χ1) is 7.88. The smallest absolute Gasteiger partial charge is 0.220 e. The Bertz CT molecular complexity index is 408. The van der Waals surface area contributed by atoms with Crippen LogP contribution in [-0.4, -0.2) is 37.1 Å². The van der Waals surface area contributed by atoms with Gasteiger partial charge in [0.1, 0.15) is 5.75 Å². The summed E-state index contributed by atoms with van der Waals surface area (Å²) in [7, 11) is -1.66. The van der Waals surface area contributed by atoms with Crippen molar-refractivity contribution in [3.8, 4) is 0 Å². The van der Waals surface area contributed by atoms with Gasteiger partial charge in [0.25, 0.3) is 0 Å². The monoisotopic (exact) mass is 276 g/mol. The molecule has 3 atom stereocenters. The quantitative estimate of drug-likeness (QED) is 0.760. The molecule has 2 bridgehead atoms. The van der Waals surface area contributed by atoms with Crippen LogP contribution in [0.1, 0.15) is 25.7 Å². The highest BCUT2D eigenvalue weighted by Gasteiger charge is 2.40. The number of nitrogens with zero attached hydrogens (tertiary/aromatic N) is 1. The van der Waals surface area contributed by atoms with Crippen molar-refractivity contribution in [3.63, 3.8) is 0 Å². The van der Waals surface area contributed by atoms with E-state index in [1.54, 1.807) is 7.05 Å². The fraction of sp³-hybridized carbons (Fsp3) is 0.909. The lowest BCUT2D eigenvalue weighted by Crippen LogP contribution is -2.38. The van der Waals surface area contributed by atoms with Crippen molar-refractivity contribution in [1.82, 2.24) is 4.31 Å². The Morgan fingerprint density at radius 3 is 2.59 bits per heavy atom. The summed E-state index contributed by atoms with van der Waals surface area (Å²) in [4.78, 5) is 0.0461. The van der Waals surface area contributed by atoms with Crippen LogP contribution >= 0.6 is 12.2 Å². The van der Waals surface area contributed by atoms with Crippen molar-refractivity contribution in [1.29, 1.82) is 0 Å². The van der Waals surface area contributed by atoms with Crippen molar-refractivity contribution in [2.45, 2.75) is 25.7 Å². The number of nitrogens with two attached hydrogens (primary N) is 1. The van der Waals surface area contributed by atoms with E-state index < -0.39 is 10.0 Å². The summed E-state index contributed by atoms with van der Waals surface area (Å²) >= 11 is 4.67. The minimum Gasteiger partial charge on any atom is -0.392 e. The number of hydrogen-bond acceptors (Lipinski definition) is 3. The van der Waals surface area contributed by atoms with Crippen LogP contribution in [0, 0.1) is 17.8 Å². The molecule has 0 radical (unpaired) electrons. The molecule has 0 aliphatic heterocycles. The molecule has 0 aromatic heterocycles. The molecule has 98 valence electrons. The van der Waals surface area contributed by atoms with E-state index in [0.29, 0.717) is 12.5 Å². The van der Waals surface area contributed by atoms with E-state index in [1.807, 2.05) is 0 Å². The summed E-state index contributed by atoms with van der Waals surface area (Å²) in [5.41, 5.74) is 5.31. The highest BCUT2D eigenvalue weighted by Crippen LogP contribution is 2.48. The van der Waals surface area contributed by atoms with E-state index in [9.17, 15) is 8.42 Å². The van der Waals surface area contributed by atoms with Crippen LogP contribution in [-0.2, 0) is 10.0 Å². The van der Waals surface area contributed by atoms with Gasteiger partial charge in [0.05, 0.1) is 4.99 Å². The summed E-state index contributed by atoms with van der Waals surface area (Å²) in [6.45, 7) is 0.631. The maximum Gasteiger partial charge on any atom is 0.220 e. The predicted octanol–water partition coefficient (Wildman–Crippen LogP) is 0.970. The number of rotatable bonds is 5. The van der Waals surface area contributed by atoms with Gasteiger partial charge in [-0.15, -0.1) is 0 Å². The first kappa shape index (κ1) is 13.2. The molecule has 0 aromatic rings. The maximum atomic E-state index is 11.9. The van der Waals surface area contributed by atoms with Gasteiger partial charge in [0, 0.05) is 13.6 Å². The van der Waals surface area contributed by atoms with Crippen LogP contribution in [0.2, 0.25) is 0 Å². The summed E-state index contributed by atoms with van der Waals surface area (Å²) < 4.78 is 25.2. The van der Waals surface area contributed by atoms with Gasteiger partial charge in [0.15, 0.2) is 0 Å². The van der Waals surface area contributed by atoms with Gasteiger partial charge in [-0.2, -0.15) is 0 Å². The number of thiocarbonyl (C=S) groups is 1. The molecule has 3 unspecified atom stereocenters. The SMILES string of the molecule is CN(CC1CC2CCC1C2)S(=O)(=O)CC(N)=S. The van der Waals surface area contributed by atoms with Gasteiger partial charge in [-0.25, -0.2) is 12.7 Å². The highest BCUT2D eigenvalue weighted by molar-refractivity contribution is 7.92. The predicted molar refractivity (Wildman–Crippen MR) is 72.1 cm³/mol. The van der Waals surface area contributed by atoms with E-state index in [0.717, 1.165) is 11.8 Å². The van der Waals surface area contributed by atoms with E-state index in [1.165, 1.54) is 30.0 Å². The Balaban J connectivity index is 1.93. The normalized spacial score (nSPS) is 32.2. The van der Waals surface area contributed by atoms with Gasteiger partial charge in [-0.05, 0) is 37.0 Å². The van der Waals surface area contributed by atoms with Crippen LogP contribution in [0.5, 0.6) is 0 Å². The molecule has 2 aliphatic rings. The first-order valence-corrected chi connectivity index (χ1v) is 8.12. The summed E-state index contributed by atoms with van der Waals surface area (Å²) in [5, 5.41) is 0. The highest BCUT2D eigenvalue weighted by atomic mass is 32.2. The number of fused-ring (bicyclic) bond motifs is 2. The molecule has 6 heteroatoms. The minimum atomic E-state index is -3.30. The second-order valence-electron chi connectivity index (χ2n) is 5.44. The molecule has 0 saturated heterocycles. The third-order valence-corrected chi connectivity index (χ3v) is 6.28. The van der Waals surface area contributed by atoms with E-state index >= 15 is 0 Å². The largest absolute Gasteiger partial charge is 0.392 e. The van der Waals surface area contributed by atoms with Crippen molar-refractivity contribution in [3.05, 3.63) is 0 Å². The Kier molecular flexibility index (Phi) is 3.75. The Hall–Kier alpha value is -0.200. The average molecular weight is 276 g/mol. The zero-order valence-corrected chi connectivity index (χ0v) is 11.8. The van der Waals surface area contributed by atoms with Gasteiger partial charge in [0.2, 0.25) is 10.0 Å². The summed E-state index contributed by atoms with van der Waals surface area (Å²) in [6, 6.07) is 0. The zero-order chi connectivity index (χ0) is 12.6. The fourth-order valence-corrected chi connectivity index (χ4v) is 4.78. The van der Waals surface area contributed by atoms with E-state index in [4.69, 9.17) is 5.73 Å². The molecule has 2 aliphatic carbocycles. The number of sulfonamides is 1. The fourth-order valence-electron chi connectivity index (χ4n) is 3.33. The first-order valence-electron chi connectivity index (χ1n) is 6.11. The molecule has 2 fully saturated rings. The van der Waals surface area contributed by atoms with Gasteiger partial charge < -0.3 is 5.73 Å². The molecular weight excluding hydrogens is 256 g/mol. The lowest BCUT2D eigenvalue weighted by atomic mass is 9.89. The molecule has 4 nitrogen and oxygen atoms in total. The van der Waals surface area contributed by atoms with Crippen LogP contribution < -0.4 is 5.73 Å². The molecular formula is C11H20N2O2S2. The average Bonchev–Trinajstić information content (AvgIpc) is 2.76. The molecule has 0 heterocycles. The third kappa shape index (κ3) is 2.98. The number of hydrogen-bond donors (Lipinski definition) is 1. The summed E-state index contributed by atoms with van der Waals surface area (Å²) in [5.74, 6) is 1.92. The lowest BCUT2D eigenvalue weighted by Gasteiger charge is -2.26. The van der Waals surface area contributed by atoms with Crippen LogP contribution in [0.15, 0.2) is 0 Å². The molecule has 2 saturated carbocycles. The van der Waals surface area contributed by atoms with Crippen molar-refractivity contribution in [2.75, 3.05) is 19.3 Å². The zero-order valence-electron chi connectivity index (χ0n) is 10.1. The van der Waals surface area contributed by atoms with E-state index in [-0.39, 0.29) is 10.7 Å². The minimum absolute atomic E-state index is 0.0461. The van der Waals surface area contributed by atoms with Crippen molar-refractivity contribution in [2.24, 2.45) is 23.5 Å². The Morgan fingerprint density at radius 1 is 1.41 bits per heavy atom. The van der Waals surface area contributed by atoms with E-state index in [2.05, 4.69) is 12.2 Å². The third-order valence-electron chi connectivity index (χ3n) is 4.18. The van der Waals surface area contributed by atoms with Gasteiger partial charge >= 0.3 is 0 Å². The van der Waals surface area contributed by atoms with Crippen LogP contribution in [0.3, 0.4) is 0 Å². The topological polar surface area (TPSA) is 63.4 Å². The molecule has 2 rings (SSSR count). The van der Waals surface area contributed by atoms with Crippen LogP contribution in [0.25, 0.3) is 0 Å². The van der Waals surface area contributed by atoms with Crippen molar-refractivity contribution < 1.29 is 8.42 Å². The molecule has 0 amide bonds. The van der Waals surface area contributed by atoms with Crippen LogP contribution in [0.4, 0.5) is 0 Å². The Morgan fingerprint density at radius 2 is 2.12 bits per heavy atom. The van der Waals surface area contributed by atoms with Gasteiger partial charge in [-0.1, -0.05) is 18.6 Å². The molecule has 0 spiro atoms. The van der Waals surface area contributed by atoms with Crippen molar-refractivity contribution >= 4 is 27.2 Å². The maximum absolute atomic E-state index is 11.9. The molecule has 0 aromatic carbocycles. The second-order valence-corrected chi connectivity index (χ2v) is 8.04. The lowest BCUT2D eigenvalue weighted by molar-refractivity contribution is 0.280. The second kappa shape index (κ2) is 4.82. The Labute approximate surface area is 109 Å². The molecule has 17 heavy (non-hydrogen) atoms. The summed E-state index contributed by atoms with van der Waals surface area (Å²) in [6.07, 6.45) is 5.11.